The summed E-state index contributed by atoms with van der Waals surface area (Å²) < 4.78 is 17.6. The zero-order valence-electron chi connectivity index (χ0n) is 13.1. The van der Waals surface area contributed by atoms with Crippen molar-refractivity contribution in [1.82, 2.24) is 0 Å². The highest BCUT2D eigenvalue weighted by molar-refractivity contribution is 5.44. The molecule has 0 bridgehead atoms. The molecule has 0 aliphatic carbocycles. The topological polar surface area (TPSA) is 53.7 Å². The van der Waals surface area contributed by atoms with Crippen molar-refractivity contribution in [2.24, 2.45) is 11.7 Å². The summed E-state index contributed by atoms with van der Waals surface area (Å²) in [5.41, 5.74) is 7.29. The summed E-state index contributed by atoms with van der Waals surface area (Å²) in [4.78, 5) is 0. The van der Waals surface area contributed by atoms with Crippen LogP contribution in [0.4, 0.5) is 0 Å². The normalized spacial score (nSPS) is 31.9. The van der Waals surface area contributed by atoms with E-state index >= 15 is 0 Å². The van der Waals surface area contributed by atoms with E-state index in [-0.39, 0.29) is 17.7 Å². The lowest BCUT2D eigenvalue weighted by Gasteiger charge is -2.46. The molecule has 3 unspecified atom stereocenters. The number of ether oxygens (including phenoxy) is 3. The van der Waals surface area contributed by atoms with Crippen LogP contribution >= 0.6 is 0 Å². The molecule has 4 nitrogen and oxygen atoms in total. The van der Waals surface area contributed by atoms with Crippen LogP contribution < -0.4 is 15.2 Å². The summed E-state index contributed by atoms with van der Waals surface area (Å²) in [6.45, 7) is 5.14. The second kappa shape index (κ2) is 5.50. The Hall–Kier alpha value is -1.26. The minimum absolute atomic E-state index is 0.0190. The van der Waals surface area contributed by atoms with Crippen LogP contribution in [0.15, 0.2) is 18.2 Å². The fourth-order valence-corrected chi connectivity index (χ4v) is 3.45. The Kier molecular flexibility index (Phi) is 3.84. The highest BCUT2D eigenvalue weighted by atomic mass is 16.5. The molecule has 116 valence electrons. The van der Waals surface area contributed by atoms with Crippen LogP contribution in [-0.2, 0) is 4.74 Å². The summed E-state index contributed by atoms with van der Waals surface area (Å²) in [5.74, 6) is 2.18. The number of rotatable bonds is 2. The summed E-state index contributed by atoms with van der Waals surface area (Å²) in [6, 6.07) is 5.94. The van der Waals surface area contributed by atoms with Gasteiger partial charge in [0.15, 0.2) is 0 Å². The van der Waals surface area contributed by atoms with Gasteiger partial charge in [-0.1, -0.05) is 19.9 Å². The van der Waals surface area contributed by atoms with E-state index in [9.17, 15) is 0 Å². The number of methoxy groups -OCH3 is 1. The van der Waals surface area contributed by atoms with E-state index in [1.165, 1.54) is 0 Å². The van der Waals surface area contributed by atoms with Crippen LogP contribution in [0, 0.1) is 5.92 Å². The second-order valence-corrected chi connectivity index (χ2v) is 6.61. The molecule has 3 atom stereocenters. The number of nitrogens with two attached hydrogens (primary N) is 1. The first-order valence-electron chi connectivity index (χ1n) is 7.77. The van der Waals surface area contributed by atoms with E-state index in [2.05, 4.69) is 13.8 Å². The fourth-order valence-electron chi connectivity index (χ4n) is 3.45. The van der Waals surface area contributed by atoms with Gasteiger partial charge in [0.05, 0.1) is 19.8 Å². The van der Waals surface area contributed by atoms with Gasteiger partial charge in [-0.25, -0.2) is 0 Å². The summed E-state index contributed by atoms with van der Waals surface area (Å²) in [5, 5.41) is 0. The van der Waals surface area contributed by atoms with Gasteiger partial charge in [0.1, 0.15) is 17.1 Å². The van der Waals surface area contributed by atoms with Gasteiger partial charge in [-0.15, -0.1) is 0 Å². The van der Waals surface area contributed by atoms with Crippen LogP contribution in [0.2, 0.25) is 0 Å². The van der Waals surface area contributed by atoms with Crippen LogP contribution in [0.5, 0.6) is 11.5 Å². The smallest absolute Gasteiger partial charge is 0.128 e. The third-order valence-corrected chi connectivity index (χ3v) is 4.74. The Morgan fingerprint density at radius 2 is 2.14 bits per heavy atom. The van der Waals surface area contributed by atoms with Gasteiger partial charge in [0.2, 0.25) is 0 Å². The Morgan fingerprint density at radius 1 is 1.33 bits per heavy atom. The SMILES string of the molecule is COc1ccc2c(c1)OC1(CCOC(C(C)C)C1)CC2N. The summed E-state index contributed by atoms with van der Waals surface area (Å²) in [6.07, 6.45) is 2.92. The molecule has 1 spiro atoms. The van der Waals surface area contributed by atoms with Crippen LogP contribution in [0.25, 0.3) is 0 Å². The third kappa shape index (κ3) is 2.74. The van der Waals surface area contributed by atoms with Crippen molar-refractivity contribution in [1.29, 1.82) is 0 Å². The van der Waals surface area contributed by atoms with Crippen molar-refractivity contribution in [3.8, 4) is 11.5 Å². The zero-order chi connectivity index (χ0) is 15.0. The fraction of sp³-hybridized carbons (Fsp3) is 0.647. The van der Waals surface area contributed by atoms with Gasteiger partial charge in [0.25, 0.3) is 0 Å². The minimum Gasteiger partial charge on any atom is -0.497 e. The van der Waals surface area contributed by atoms with Crippen molar-refractivity contribution >= 4 is 0 Å². The van der Waals surface area contributed by atoms with Gasteiger partial charge >= 0.3 is 0 Å². The van der Waals surface area contributed by atoms with Crippen molar-refractivity contribution in [2.45, 2.75) is 50.9 Å². The lowest BCUT2D eigenvalue weighted by atomic mass is 9.78. The molecule has 1 aromatic rings. The Morgan fingerprint density at radius 3 is 2.86 bits per heavy atom. The van der Waals surface area contributed by atoms with Crippen LogP contribution in [-0.4, -0.2) is 25.4 Å². The zero-order valence-corrected chi connectivity index (χ0v) is 13.1. The number of benzene rings is 1. The number of fused-ring (bicyclic) bond motifs is 1. The predicted octanol–water partition coefficient (Wildman–Crippen LogP) is 3.05. The Labute approximate surface area is 126 Å². The number of hydrogen-bond acceptors (Lipinski definition) is 4. The average Bonchev–Trinajstić information content (AvgIpc) is 2.46. The Bertz CT molecular complexity index is 517. The molecular formula is C17H25NO3. The molecule has 1 aromatic carbocycles. The van der Waals surface area contributed by atoms with Gasteiger partial charge in [-0.05, 0) is 12.0 Å². The molecule has 0 saturated carbocycles. The first-order valence-corrected chi connectivity index (χ1v) is 7.77. The van der Waals surface area contributed by atoms with Crippen LogP contribution in [0.3, 0.4) is 0 Å². The molecule has 0 amide bonds. The molecule has 0 radical (unpaired) electrons. The van der Waals surface area contributed by atoms with Crippen molar-refractivity contribution < 1.29 is 14.2 Å². The van der Waals surface area contributed by atoms with Crippen molar-refractivity contribution in [2.75, 3.05) is 13.7 Å². The highest BCUT2D eigenvalue weighted by Gasteiger charge is 2.44. The highest BCUT2D eigenvalue weighted by Crippen LogP contribution is 2.45. The first-order chi connectivity index (χ1) is 10.0. The lowest BCUT2D eigenvalue weighted by Crippen LogP contribution is -2.50. The van der Waals surface area contributed by atoms with E-state index in [0.717, 1.165) is 42.9 Å². The average molecular weight is 291 g/mol. The van der Waals surface area contributed by atoms with E-state index in [4.69, 9.17) is 19.9 Å². The van der Waals surface area contributed by atoms with Crippen molar-refractivity contribution in [3.63, 3.8) is 0 Å². The Balaban J connectivity index is 1.89. The molecule has 3 rings (SSSR count). The monoisotopic (exact) mass is 291 g/mol. The van der Waals surface area contributed by atoms with Gasteiger partial charge in [-0.2, -0.15) is 0 Å². The second-order valence-electron chi connectivity index (χ2n) is 6.61. The minimum atomic E-state index is -0.189. The van der Waals surface area contributed by atoms with Gasteiger partial charge < -0.3 is 19.9 Å². The van der Waals surface area contributed by atoms with Crippen molar-refractivity contribution in [3.05, 3.63) is 23.8 Å². The quantitative estimate of drug-likeness (QED) is 0.910. The van der Waals surface area contributed by atoms with E-state index in [1.54, 1.807) is 7.11 Å². The predicted molar refractivity (Wildman–Crippen MR) is 81.7 cm³/mol. The lowest BCUT2D eigenvalue weighted by molar-refractivity contribution is -0.115. The molecule has 0 aromatic heterocycles. The largest absolute Gasteiger partial charge is 0.497 e. The molecule has 4 heteroatoms. The molecular weight excluding hydrogens is 266 g/mol. The summed E-state index contributed by atoms with van der Waals surface area (Å²) >= 11 is 0. The molecule has 2 heterocycles. The molecule has 1 fully saturated rings. The maximum Gasteiger partial charge on any atom is 0.128 e. The van der Waals surface area contributed by atoms with Crippen LogP contribution in [0.1, 0.15) is 44.7 Å². The van der Waals surface area contributed by atoms with E-state index in [1.807, 2.05) is 18.2 Å². The van der Waals surface area contributed by atoms with Gasteiger partial charge in [-0.3, -0.25) is 0 Å². The van der Waals surface area contributed by atoms with Gasteiger partial charge in [0, 0.05) is 36.9 Å². The molecule has 2 aliphatic heterocycles. The standard InChI is InChI=1S/C17H25NO3/c1-11(2)16-10-17(6-7-20-16)9-14(18)13-5-4-12(19-3)8-15(13)21-17/h4-5,8,11,14,16H,6-7,9-10,18H2,1-3H3. The van der Waals surface area contributed by atoms with E-state index < -0.39 is 0 Å². The molecule has 1 saturated heterocycles. The number of hydrogen-bond donors (Lipinski definition) is 1. The summed E-state index contributed by atoms with van der Waals surface area (Å²) in [7, 11) is 1.67. The molecule has 21 heavy (non-hydrogen) atoms. The first kappa shape index (κ1) is 14.7. The maximum absolute atomic E-state index is 6.41. The molecule has 2 aliphatic rings. The van der Waals surface area contributed by atoms with E-state index in [0.29, 0.717) is 5.92 Å². The maximum atomic E-state index is 6.41. The molecule has 2 N–H and O–H groups in total. The third-order valence-electron chi connectivity index (χ3n) is 4.74.